The van der Waals surface area contributed by atoms with Gasteiger partial charge in [-0.15, -0.1) is 0 Å². The third-order valence-electron chi connectivity index (χ3n) is 9.63. The van der Waals surface area contributed by atoms with E-state index in [-0.39, 0.29) is 37.6 Å². The Morgan fingerprint density at radius 3 is 2.05 bits per heavy atom. The lowest BCUT2D eigenvalue weighted by molar-refractivity contribution is -0.144. The van der Waals surface area contributed by atoms with E-state index in [1.807, 2.05) is 52.0 Å². The minimum atomic E-state index is -1.46. The van der Waals surface area contributed by atoms with Crippen LogP contribution in [-0.2, 0) is 41.6 Å². The number of aliphatic hydroxyl groups excluding tert-OH is 1. The molecule has 6 atom stereocenters. The minimum absolute atomic E-state index is 0.0347. The molecule has 55 heavy (non-hydrogen) atoms. The van der Waals surface area contributed by atoms with Gasteiger partial charge < -0.3 is 46.3 Å². The molecule has 0 radical (unpaired) electrons. The first-order valence-electron chi connectivity index (χ1n) is 18.7. The number of nitrogens with one attached hydrogen (secondary N) is 6. The van der Waals surface area contributed by atoms with E-state index in [1.54, 1.807) is 30.5 Å². The van der Waals surface area contributed by atoms with Gasteiger partial charge >= 0.3 is 0 Å². The zero-order valence-electron chi connectivity index (χ0n) is 32.6. The summed E-state index contributed by atoms with van der Waals surface area (Å²) >= 11 is 0. The SMILES string of the molecule is COc1ccc(C[C@@H]2NC(=O)[C@H](CC(C)C)NC(=O)[C@@H](Cc3c[nH]c4ccccc34)NC(=O)CN(C(=O)[C@H](C)O)C[C@H](C(C)C)NC(=O)[C@@H](C)NC2=O)cc1. The highest BCUT2D eigenvalue weighted by atomic mass is 16.5. The van der Waals surface area contributed by atoms with E-state index in [0.717, 1.165) is 21.4 Å². The summed E-state index contributed by atoms with van der Waals surface area (Å²) in [5, 5.41) is 25.1. The molecule has 4 rings (SSSR count). The Bertz CT molecular complexity index is 1820. The van der Waals surface area contributed by atoms with Crippen molar-refractivity contribution in [1.82, 2.24) is 36.5 Å². The van der Waals surface area contributed by atoms with Crippen molar-refractivity contribution >= 4 is 46.3 Å². The van der Waals surface area contributed by atoms with Gasteiger partial charge in [0.25, 0.3) is 5.91 Å². The average molecular weight is 762 g/mol. The third kappa shape index (κ3) is 11.8. The van der Waals surface area contributed by atoms with Crippen LogP contribution in [0.1, 0.15) is 59.1 Å². The number of aliphatic hydroxyl groups is 1. The third-order valence-corrected chi connectivity index (χ3v) is 9.63. The largest absolute Gasteiger partial charge is 0.497 e. The van der Waals surface area contributed by atoms with Gasteiger partial charge in [-0.25, -0.2) is 0 Å². The summed E-state index contributed by atoms with van der Waals surface area (Å²) in [4.78, 5) is 87.1. The van der Waals surface area contributed by atoms with Crippen LogP contribution < -0.4 is 31.3 Å². The van der Waals surface area contributed by atoms with Gasteiger partial charge in [0.2, 0.25) is 29.5 Å². The van der Waals surface area contributed by atoms with Gasteiger partial charge in [0.15, 0.2) is 0 Å². The smallest absolute Gasteiger partial charge is 0.251 e. The van der Waals surface area contributed by atoms with Crippen LogP contribution in [-0.4, -0.2) is 107 Å². The quantitative estimate of drug-likeness (QED) is 0.169. The number of hydrogen-bond donors (Lipinski definition) is 7. The predicted molar refractivity (Wildman–Crippen MR) is 207 cm³/mol. The molecular formula is C40H55N7O8. The fourth-order valence-electron chi connectivity index (χ4n) is 6.44. The van der Waals surface area contributed by atoms with Crippen molar-refractivity contribution in [3.8, 4) is 5.75 Å². The van der Waals surface area contributed by atoms with Crippen molar-refractivity contribution in [3.63, 3.8) is 0 Å². The summed E-state index contributed by atoms with van der Waals surface area (Å²) in [7, 11) is 1.53. The summed E-state index contributed by atoms with van der Waals surface area (Å²) in [6.45, 7) is 9.51. The van der Waals surface area contributed by atoms with Crippen LogP contribution in [0.25, 0.3) is 10.9 Å². The fourth-order valence-corrected chi connectivity index (χ4v) is 6.44. The Hall–Kier alpha value is -5.44. The Kier molecular flexibility index (Phi) is 14.8. The second-order valence-electron chi connectivity index (χ2n) is 15.0. The van der Waals surface area contributed by atoms with E-state index in [9.17, 15) is 33.9 Å². The number of para-hydroxylation sites is 1. The molecule has 0 unspecified atom stereocenters. The van der Waals surface area contributed by atoms with Crippen molar-refractivity contribution in [2.75, 3.05) is 20.2 Å². The van der Waals surface area contributed by atoms with E-state index in [0.29, 0.717) is 11.3 Å². The summed E-state index contributed by atoms with van der Waals surface area (Å²) in [6, 6.07) is 9.25. The topological polar surface area (TPSA) is 211 Å². The highest BCUT2D eigenvalue weighted by molar-refractivity contribution is 5.96. The molecule has 7 N–H and O–H groups in total. The number of benzene rings is 2. The van der Waals surface area contributed by atoms with E-state index < -0.39 is 78.3 Å². The molecule has 1 fully saturated rings. The lowest BCUT2D eigenvalue weighted by Crippen LogP contribution is -2.61. The molecule has 1 aromatic heterocycles. The molecule has 0 spiro atoms. The van der Waals surface area contributed by atoms with E-state index in [2.05, 4.69) is 31.6 Å². The first kappa shape index (κ1) is 42.3. The summed E-state index contributed by atoms with van der Waals surface area (Å²) in [5.74, 6) is -3.60. The van der Waals surface area contributed by atoms with Crippen LogP contribution in [0.3, 0.4) is 0 Å². The fraction of sp³-hybridized carbons (Fsp3) is 0.500. The van der Waals surface area contributed by atoms with Crippen LogP contribution in [0, 0.1) is 11.8 Å². The van der Waals surface area contributed by atoms with Crippen LogP contribution in [0.2, 0.25) is 0 Å². The molecule has 298 valence electrons. The molecule has 1 aliphatic rings. The number of amides is 6. The first-order chi connectivity index (χ1) is 26.1. The molecule has 2 heterocycles. The van der Waals surface area contributed by atoms with E-state index in [4.69, 9.17) is 4.74 Å². The molecule has 0 bridgehead atoms. The molecule has 0 aliphatic carbocycles. The van der Waals surface area contributed by atoms with Gasteiger partial charge in [-0.1, -0.05) is 58.0 Å². The summed E-state index contributed by atoms with van der Waals surface area (Å²) in [5.41, 5.74) is 2.26. The predicted octanol–water partition coefficient (Wildman–Crippen LogP) is 1.33. The van der Waals surface area contributed by atoms with Gasteiger partial charge in [0.1, 0.15) is 36.0 Å². The van der Waals surface area contributed by atoms with Crippen molar-refractivity contribution < 1.29 is 38.6 Å². The highest BCUT2D eigenvalue weighted by Crippen LogP contribution is 2.20. The van der Waals surface area contributed by atoms with Crippen molar-refractivity contribution in [2.45, 2.75) is 97.1 Å². The number of fused-ring (bicyclic) bond motifs is 1. The van der Waals surface area contributed by atoms with Crippen molar-refractivity contribution in [1.29, 1.82) is 0 Å². The number of aromatic nitrogens is 1. The maximum Gasteiger partial charge on any atom is 0.251 e. The number of carbonyl (C=O) groups excluding carboxylic acids is 6. The normalized spacial score (nSPS) is 22.9. The average Bonchev–Trinajstić information content (AvgIpc) is 3.54. The number of methoxy groups -OCH3 is 1. The van der Waals surface area contributed by atoms with Gasteiger partial charge in [0.05, 0.1) is 13.7 Å². The van der Waals surface area contributed by atoms with Crippen LogP contribution in [0.5, 0.6) is 5.75 Å². The second-order valence-corrected chi connectivity index (χ2v) is 15.0. The lowest BCUT2D eigenvalue weighted by atomic mass is 9.99. The lowest BCUT2D eigenvalue weighted by Gasteiger charge is -2.32. The first-order valence-corrected chi connectivity index (χ1v) is 18.7. The Morgan fingerprint density at radius 1 is 0.800 bits per heavy atom. The molecule has 6 amide bonds. The number of H-pyrrole nitrogens is 1. The highest BCUT2D eigenvalue weighted by Gasteiger charge is 2.34. The molecule has 0 saturated carbocycles. The number of ether oxygens (including phenoxy) is 1. The number of carbonyl (C=O) groups is 6. The van der Waals surface area contributed by atoms with Crippen LogP contribution >= 0.6 is 0 Å². The molecule has 3 aromatic rings. The maximum absolute atomic E-state index is 14.2. The molecule has 1 aliphatic heterocycles. The number of rotatable bonds is 9. The van der Waals surface area contributed by atoms with Gasteiger partial charge in [0, 0.05) is 42.5 Å². The van der Waals surface area contributed by atoms with E-state index >= 15 is 0 Å². The van der Waals surface area contributed by atoms with Gasteiger partial charge in [-0.2, -0.15) is 0 Å². The summed E-state index contributed by atoms with van der Waals surface area (Å²) in [6.07, 6.45) is 0.580. The Morgan fingerprint density at radius 2 is 1.42 bits per heavy atom. The molecule has 2 aromatic carbocycles. The number of nitrogens with zero attached hydrogens (tertiary/aromatic N) is 1. The molecule has 15 nitrogen and oxygen atoms in total. The molecular weight excluding hydrogens is 706 g/mol. The van der Waals surface area contributed by atoms with E-state index in [1.165, 1.54) is 21.0 Å². The van der Waals surface area contributed by atoms with Crippen LogP contribution in [0.4, 0.5) is 0 Å². The molecule has 1 saturated heterocycles. The monoisotopic (exact) mass is 761 g/mol. The van der Waals surface area contributed by atoms with Crippen molar-refractivity contribution in [3.05, 3.63) is 65.9 Å². The zero-order valence-corrected chi connectivity index (χ0v) is 32.6. The summed E-state index contributed by atoms with van der Waals surface area (Å²) < 4.78 is 5.26. The van der Waals surface area contributed by atoms with Gasteiger partial charge in [-0.3, -0.25) is 28.8 Å². The zero-order chi connectivity index (χ0) is 40.4. The Balaban J connectivity index is 1.76. The van der Waals surface area contributed by atoms with Gasteiger partial charge in [-0.05, 0) is 61.4 Å². The number of hydrogen-bond acceptors (Lipinski definition) is 8. The minimum Gasteiger partial charge on any atom is -0.497 e. The maximum atomic E-state index is 14.2. The number of aromatic amines is 1. The van der Waals surface area contributed by atoms with Crippen molar-refractivity contribution in [2.24, 2.45) is 11.8 Å². The second kappa shape index (κ2) is 19.2. The van der Waals surface area contributed by atoms with Crippen LogP contribution in [0.15, 0.2) is 54.7 Å². The molecule has 15 heteroatoms. The Labute approximate surface area is 321 Å². The standard InChI is InChI=1S/C40H55N7O8/c1-22(2)16-31-38(52)45-32(17-26-12-14-28(55-7)15-13-26)37(51)42-24(5)36(50)46-34(23(3)4)20-47(40(54)25(6)48)21-35(49)43-33(39(53)44-31)18-27-19-41-30-11-9-8-10-29(27)30/h8-15,19,22-25,31-34,41,48H,16-18,20-21H2,1-7H3,(H,42,51)(H,43,49)(H,44,53)(H,45,52)(H,46,50)/t24-,25+,31+,32+,33-,34-/m1/s1.